The van der Waals surface area contributed by atoms with Crippen molar-refractivity contribution in [1.82, 2.24) is 4.57 Å². The van der Waals surface area contributed by atoms with Crippen molar-refractivity contribution in [3.8, 4) is 0 Å². The normalized spacial score (nSPS) is 14.4. The highest BCUT2D eigenvalue weighted by Crippen LogP contribution is 2.24. The van der Waals surface area contributed by atoms with E-state index in [0.29, 0.717) is 0 Å². The largest absolute Gasteiger partial charge is 0.347 e. The van der Waals surface area contributed by atoms with Gasteiger partial charge < -0.3 is 4.57 Å². The Morgan fingerprint density at radius 3 is 2.74 bits per heavy atom. The molecule has 4 rings (SSSR count). The minimum absolute atomic E-state index is 1.03. The molecular formula is C21H22N2. The number of nitrogens with zero attached hydrogens (tertiary/aromatic N) is 2. The van der Waals surface area contributed by atoms with Gasteiger partial charge in [0, 0.05) is 18.1 Å². The van der Waals surface area contributed by atoms with E-state index in [9.17, 15) is 0 Å². The highest BCUT2D eigenvalue weighted by molar-refractivity contribution is 5.83. The average Bonchev–Trinajstić information content (AvgIpc) is 2.59. The van der Waals surface area contributed by atoms with E-state index in [2.05, 4.69) is 60.2 Å². The van der Waals surface area contributed by atoms with Gasteiger partial charge in [0.25, 0.3) is 0 Å². The molecule has 2 heteroatoms. The Morgan fingerprint density at radius 1 is 1.04 bits per heavy atom. The topological polar surface area (TPSA) is 17.3 Å². The number of hydrogen-bond donors (Lipinski definition) is 0. The number of aryl methyl sites for hydroxylation is 3. The molecule has 0 saturated heterocycles. The summed E-state index contributed by atoms with van der Waals surface area (Å²) in [4.78, 5) is 5.02. The summed E-state index contributed by atoms with van der Waals surface area (Å²) >= 11 is 0. The van der Waals surface area contributed by atoms with Gasteiger partial charge >= 0.3 is 0 Å². The molecule has 2 aromatic carbocycles. The molecule has 1 aromatic heterocycles. The van der Waals surface area contributed by atoms with Crippen LogP contribution in [0.1, 0.15) is 30.9 Å². The minimum atomic E-state index is 1.03. The number of para-hydroxylation sites is 2. The quantitative estimate of drug-likeness (QED) is 0.663. The molecular weight excluding hydrogens is 280 g/mol. The molecule has 0 amide bonds. The third kappa shape index (κ3) is 2.59. The monoisotopic (exact) mass is 302 g/mol. The van der Waals surface area contributed by atoms with Gasteiger partial charge in [0.2, 0.25) is 0 Å². The van der Waals surface area contributed by atoms with Crippen molar-refractivity contribution in [2.75, 3.05) is 0 Å². The molecule has 3 aromatic rings. The molecule has 23 heavy (non-hydrogen) atoms. The van der Waals surface area contributed by atoms with Crippen molar-refractivity contribution in [2.45, 2.75) is 39.2 Å². The summed E-state index contributed by atoms with van der Waals surface area (Å²) in [6, 6.07) is 17.0. The molecule has 0 spiro atoms. The van der Waals surface area contributed by atoms with Gasteiger partial charge in [0.15, 0.2) is 0 Å². The Labute approximate surface area is 137 Å². The van der Waals surface area contributed by atoms with Crippen molar-refractivity contribution >= 4 is 16.6 Å². The van der Waals surface area contributed by atoms with Gasteiger partial charge in [-0.2, -0.15) is 0 Å². The molecule has 0 fully saturated rings. The Bertz CT molecular complexity index is 904. The smallest absolute Gasteiger partial charge is 0.0776 e. The summed E-state index contributed by atoms with van der Waals surface area (Å²) in [5.41, 5.74) is 5.24. The molecule has 2 nitrogen and oxygen atoms in total. The van der Waals surface area contributed by atoms with Gasteiger partial charge in [-0.05, 0) is 42.5 Å². The summed E-state index contributed by atoms with van der Waals surface area (Å²) in [6.45, 7) is 3.36. The molecule has 0 N–H and O–H groups in total. The third-order valence-corrected chi connectivity index (χ3v) is 4.64. The standard InChI is InChI=1S/C21H22N2/c1-2-8-17-15-23-14-7-10-16-9-6-13-19(21(16)23)20(17)22-18-11-4-3-5-12-18/h3-6,9,11-13,15H,2,7-8,10,14H2,1H3. The van der Waals surface area contributed by atoms with Gasteiger partial charge in [0.1, 0.15) is 0 Å². The van der Waals surface area contributed by atoms with E-state index in [4.69, 9.17) is 4.99 Å². The lowest BCUT2D eigenvalue weighted by molar-refractivity contribution is 0.625. The molecule has 1 aliphatic heterocycles. The maximum atomic E-state index is 5.02. The second kappa shape index (κ2) is 6.04. The number of aromatic nitrogens is 1. The lowest BCUT2D eigenvalue weighted by atomic mass is 9.98. The van der Waals surface area contributed by atoms with Gasteiger partial charge in [-0.3, -0.25) is 0 Å². The van der Waals surface area contributed by atoms with Gasteiger partial charge in [-0.15, -0.1) is 0 Å². The van der Waals surface area contributed by atoms with Crippen LogP contribution in [0.25, 0.3) is 10.9 Å². The summed E-state index contributed by atoms with van der Waals surface area (Å²) in [6.07, 6.45) is 6.97. The third-order valence-electron chi connectivity index (χ3n) is 4.64. The predicted octanol–water partition coefficient (Wildman–Crippen LogP) is 4.77. The minimum Gasteiger partial charge on any atom is -0.347 e. The van der Waals surface area contributed by atoms with Crippen LogP contribution in [0.3, 0.4) is 0 Å². The molecule has 0 aliphatic carbocycles. The number of hydrogen-bond acceptors (Lipinski definition) is 1. The van der Waals surface area contributed by atoms with Crippen LogP contribution in [0.2, 0.25) is 0 Å². The van der Waals surface area contributed by atoms with E-state index in [1.54, 1.807) is 0 Å². The maximum Gasteiger partial charge on any atom is 0.0776 e. The maximum absolute atomic E-state index is 5.02. The first-order valence-corrected chi connectivity index (χ1v) is 8.60. The van der Waals surface area contributed by atoms with E-state index in [1.165, 1.54) is 34.9 Å². The fraction of sp³-hybridized carbons (Fsp3) is 0.286. The first kappa shape index (κ1) is 14.3. The Morgan fingerprint density at radius 2 is 1.91 bits per heavy atom. The van der Waals surface area contributed by atoms with E-state index in [0.717, 1.165) is 30.4 Å². The fourth-order valence-electron chi connectivity index (χ4n) is 3.64. The van der Waals surface area contributed by atoms with Gasteiger partial charge in [-0.1, -0.05) is 49.7 Å². The van der Waals surface area contributed by atoms with Crippen molar-refractivity contribution in [2.24, 2.45) is 4.99 Å². The zero-order valence-electron chi connectivity index (χ0n) is 13.6. The Balaban J connectivity index is 2.07. The highest BCUT2D eigenvalue weighted by Gasteiger charge is 2.14. The zero-order chi connectivity index (χ0) is 15.6. The number of rotatable bonds is 3. The molecule has 0 atom stereocenters. The summed E-state index contributed by atoms with van der Waals surface area (Å²) in [7, 11) is 0. The Kier molecular flexibility index (Phi) is 3.74. The van der Waals surface area contributed by atoms with Crippen LogP contribution < -0.4 is 5.36 Å². The van der Waals surface area contributed by atoms with Crippen molar-refractivity contribution in [1.29, 1.82) is 0 Å². The molecule has 0 unspecified atom stereocenters. The number of benzene rings is 2. The van der Waals surface area contributed by atoms with Crippen LogP contribution in [-0.4, -0.2) is 4.57 Å². The molecule has 116 valence electrons. The SMILES string of the molecule is CCCc1cn2c3c(cccc3c1=Nc1ccccc1)CCC2. The Hall–Kier alpha value is -2.35. The van der Waals surface area contributed by atoms with Crippen LogP contribution >= 0.6 is 0 Å². The van der Waals surface area contributed by atoms with E-state index < -0.39 is 0 Å². The summed E-state index contributed by atoms with van der Waals surface area (Å²) in [5, 5.41) is 2.46. The molecule has 0 radical (unpaired) electrons. The van der Waals surface area contributed by atoms with Crippen molar-refractivity contribution in [3.63, 3.8) is 0 Å². The summed E-state index contributed by atoms with van der Waals surface area (Å²) < 4.78 is 2.45. The average molecular weight is 302 g/mol. The van der Waals surface area contributed by atoms with Crippen LogP contribution in [0.15, 0.2) is 59.7 Å². The van der Waals surface area contributed by atoms with E-state index in [1.807, 2.05) is 6.07 Å². The lowest BCUT2D eigenvalue weighted by Crippen LogP contribution is -2.20. The van der Waals surface area contributed by atoms with Crippen molar-refractivity contribution < 1.29 is 0 Å². The molecule has 0 saturated carbocycles. The van der Waals surface area contributed by atoms with Crippen LogP contribution in [-0.2, 0) is 19.4 Å². The first-order chi connectivity index (χ1) is 11.4. The van der Waals surface area contributed by atoms with Crippen LogP contribution in [0.4, 0.5) is 5.69 Å². The second-order valence-corrected chi connectivity index (χ2v) is 6.31. The zero-order valence-corrected chi connectivity index (χ0v) is 13.6. The first-order valence-electron chi connectivity index (χ1n) is 8.60. The van der Waals surface area contributed by atoms with E-state index >= 15 is 0 Å². The van der Waals surface area contributed by atoms with Crippen molar-refractivity contribution in [3.05, 3.63) is 71.2 Å². The molecule has 2 heterocycles. The highest BCUT2D eigenvalue weighted by atomic mass is 15.0. The lowest BCUT2D eigenvalue weighted by Gasteiger charge is -2.21. The summed E-state index contributed by atoms with van der Waals surface area (Å²) in [5.74, 6) is 0. The van der Waals surface area contributed by atoms with Crippen LogP contribution in [0.5, 0.6) is 0 Å². The predicted molar refractivity (Wildman–Crippen MR) is 95.9 cm³/mol. The fourth-order valence-corrected chi connectivity index (χ4v) is 3.64. The molecule has 0 bridgehead atoms. The molecule has 1 aliphatic rings. The van der Waals surface area contributed by atoms with Gasteiger partial charge in [0.05, 0.1) is 16.6 Å². The second-order valence-electron chi connectivity index (χ2n) is 6.31. The van der Waals surface area contributed by atoms with E-state index in [-0.39, 0.29) is 0 Å². The van der Waals surface area contributed by atoms with Gasteiger partial charge in [-0.25, -0.2) is 4.99 Å². The van der Waals surface area contributed by atoms with Crippen LogP contribution in [0, 0.1) is 0 Å². The number of pyridine rings is 1.